The summed E-state index contributed by atoms with van der Waals surface area (Å²) < 4.78 is 0. The second-order valence-electron chi connectivity index (χ2n) is 4.50. The summed E-state index contributed by atoms with van der Waals surface area (Å²) in [7, 11) is 0. The Labute approximate surface area is 90.5 Å². The van der Waals surface area contributed by atoms with Crippen LogP contribution in [-0.2, 0) is 0 Å². The van der Waals surface area contributed by atoms with Gasteiger partial charge in [-0.15, -0.1) is 0 Å². The van der Waals surface area contributed by atoms with E-state index in [1.165, 1.54) is 0 Å². The lowest BCUT2D eigenvalue weighted by Crippen LogP contribution is -2.29. The van der Waals surface area contributed by atoms with Crippen LogP contribution in [0.5, 0.6) is 0 Å². The van der Waals surface area contributed by atoms with Crippen molar-refractivity contribution in [3.05, 3.63) is 17.5 Å². The van der Waals surface area contributed by atoms with Crippen LogP contribution in [0.25, 0.3) is 0 Å². The number of nitrogens with two attached hydrogens (primary N) is 1. The molecule has 0 amide bonds. The molecule has 1 saturated heterocycles. The van der Waals surface area contributed by atoms with Crippen molar-refractivity contribution < 1.29 is 0 Å². The van der Waals surface area contributed by atoms with Crippen LogP contribution in [0.4, 0.5) is 5.95 Å². The Morgan fingerprint density at radius 2 is 1.87 bits per heavy atom. The van der Waals surface area contributed by atoms with Gasteiger partial charge < -0.3 is 10.6 Å². The van der Waals surface area contributed by atoms with Gasteiger partial charge in [0.25, 0.3) is 0 Å². The average Bonchev–Trinajstić information content (AvgIpc) is 2.45. The summed E-state index contributed by atoms with van der Waals surface area (Å²) in [6.45, 7) is 8.00. The van der Waals surface area contributed by atoms with Crippen molar-refractivity contribution in [3.8, 4) is 0 Å². The molecule has 2 unspecified atom stereocenters. The van der Waals surface area contributed by atoms with Crippen LogP contribution in [0.2, 0.25) is 0 Å². The molecule has 4 heteroatoms. The number of aromatic nitrogens is 2. The molecule has 0 aliphatic carbocycles. The highest BCUT2D eigenvalue weighted by atomic mass is 15.3. The van der Waals surface area contributed by atoms with Crippen molar-refractivity contribution in [2.75, 3.05) is 18.0 Å². The Hall–Kier alpha value is -1.16. The van der Waals surface area contributed by atoms with E-state index in [0.717, 1.165) is 30.4 Å². The second kappa shape index (κ2) is 3.77. The number of hydrogen-bond acceptors (Lipinski definition) is 4. The van der Waals surface area contributed by atoms with Crippen LogP contribution >= 0.6 is 0 Å². The molecule has 1 aliphatic heterocycles. The van der Waals surface area contributed by atoms with Crippen LogP contribution in [0.15, 0.2) is 6.07 Å². The van der Waals surface area contributed by atoms with E-state index in [4.69, 9.17) is 5.73 Å². The molecule has 1 aliphatic rings. The van der Waals surface area contributed by atoms with Gasteiger partial charge >= 0.3 is 0 Å². The average molecular weight is 206 g/mol. The lowest BCUT2D eigenvalue weighted by molar-refractivity contribution is 0.565. The predicted molar refractivity (Wildman–Crippen MR) is 60.9 cm³/mol. The zero-order valence-electron chi connectivity index (χ0n) is 9.57. The maximum absolute atomic E-state index is 5.98. The van der Waals surface area contributed by atoms with E-state index >= 15 is 0 Å². The number of rotatable bonds is 1. The fourth-order valence-electron chi connectivity index (χ4n) is 2.00. The van der Waals surface area contributed by atoms with Gasteiger partial charge in [-0.2, -0.15) is 0 Å². The third-order valence-electron chi connectivity index (χ3n) is 2.92. The second-order valence-corrected chi connectivity index (χ2v) is 4.50. The molecule has 0 spiro atoms. The van der Waals surface area contributed by atoms with Gasteiger partial charge in [-0.25, -0.2) is 9.97 Å². The van der Waals surface area contributed by atoms with Crippen LogP contribution < -0.4 is 10.6 Å². The van der Waals surface area contributed by atoms with Crippen molar-refractivity contribution in [2.24, 2.45) is 11.7 Å². The van der Waals surface area contributed by atoms with Crippen LogP contribution in [-0.4, -0.2) is 29.1 Å². The third kappa shape index (κ3) is 2.09. The van der Waals surface area contributed by atoms with E-state index in [1.807, 2.05) is 19.9 Å². The van der Waals surface area contributed by atoms with Gasteiger partial charge in [-0.1, -0.05) is 6.92 Å². The van der Waals surface area contributed by atoms with E-state index in [2.05, 4.69) is 21.8 Å². The summed E-state index contributed by atoms with van der Waals surface area (Å²) in [5.74, 6) is 1.35. The van der Waals surface area contributed by atoms with E-state index in [0.29, 0.717) is 5.92 Å². The molecule has 2 atom stereocenters. The lowest BCUT2D eigenvalue weighted by atomic mass is 10.1. The number of anilines is 1. The molecule has 1 fully saturated rings. The first-order valence-corrected chi connectivity index (χ1v) is 5.39. The minimum Gasteiger partial charge on any atom is -0.339 e. The Kier molecular flexibility index (Phi) is 2.61. The Bertz CT molecular complexity index is 333. The zero-order chi connectivity index (χ0) is 11.0. The normalized spacial score (nSPS) is 26.0. The molecule has 2 rings (SSSR count). The van der Waals surface area contributed by atoms with E-state index < -0.39 is 0 Å². The molecule has 0 radical (unpaired) electrons. The molecule has 82 valence electrons. The summed E-state index contributed by atoms with van der Waals surface area (Å²) in [5, 5.41) is 0. The summed E-state index contributed by atoms with van der Waals surface area (Å²) in [4.78, 5) is 11.1. The van der Waals surface area contributed by atoms with Crippen molar-refractivity contribution in [1.82, 2.24) is 9.97 Å². The topological polar surface area (TPSA) is 55.0 Å². The maximum Gasteiger partial charge on any atom is 0.225 e. The van der Waals surface area contributed by atoms with Gasteiger partial charge in [0.1, 0.15) is 0 Å². The number of hydrogen-bond donors (Lipinski definition) is 1. The maximum atomic E-state index is 5.98. The summed E-state index contributed by atoms with van der Waals surface area (Å²) in [5.41, 5.74) is 8.02. The first-order chi connectivity index (χ1) is 7.06. The van der Waals surface area contributed by atoms with E-state index in [1.54, 1.807) is 0 Å². The largest absolute Gasteiger partial charge is 0.339 e. The summed E-state index contributed by atoms with van der Waals surface area (Å²) in [6.07, 6.45) is 0. The molecule has 15 heavy (non-hydrogen) atoms. The van der Waals surface area contributed by atoms with Gasteiger partial charge in [0, 0.05) is 30.5 Å². The first kappa shape index (κ1) is 10.4. The predicted octanol–water partition coefficient (Wildman–Crippen LogP) is 0.877. The van der Waals surface area contributed by atoms with E-state index in [-0.39, 0.29) is 6.04 Å². The standard InChI is InChI=1S/C11H18N4/c1-7-5-15(6-10(7)12)11-13-8(2)4-9(3)14-11/h4,7,10H,5-6,12H2,1-3H3. The van der Waals surface area contributed by atoms with Crippen LogP contribution in [0.3, 0.4) is 0 Å². The number of nitrogens with zero attached hydrogens (tertiary/aromatic N) is 3. The Morgan fingerprint density at radius 3 is 2.33 bits per heavy atom. The van der Waals surface area contributed by atoms with Crippen LogP contribution in [0, 0.1) is 19.8 Å². The number of aryl methyl sites for hydroxylation is 2. The van der Waals surface area contributed by atoms with Gasteiger partial charge in [0.2, 0.25) is 5.95 Å². The smallest absolute Gasteiger partial charge is 0.225 e. The monoisotopic (exact) mass is 206 g/mol. The molecule has 0 aromatic carbocycles. The molecule has 0 saturated carbocycles. The van der Waals surface area contributed by atoms with Crippen LogP contribution in [0.1, 0.15) is 18.3 Å². The lowest BCUT2D eigenvalue weighted by Gasteiger charge is -2.16. The third-order valence-corrected chi connectivity index (χ3v) is 2.92. The molecular weight excluding hydrogens is 188 g/mol. The SMILES string of the molecule is Cc1cc(C)nc(N2CC(C)C(N)C2)n1. The summed E-state index contributed by atoms with van der Waals surface area (Å²) in [6, 6.07) is 2.23. The quantitative estimate of drug-likeness (QED) is 0.741. The van der Waals surface area contributed by atoms with Gasteiger partial charge in [0.15, 0.2) is 0 Å². The molecule has 1 aromatic rings. The molecule has 0 bridgehead atoms. The minimum absolute atomic E-state index is 0.245. The molecular formula is C11H18N4. The van der Waals surface area contributed by atoms with Crippen molar-refractivity contribution in [2.45, 2.75) is 26.8 Å². The Balaban J connectivity index is 2.23. The fourth-order valence-corrected chi connectivity index (χ4v) is 2.00. The molecule has 2 N–H and O–H groups in total. The highest BCUT2D eigenvalue weighted by Gasteiger charge is 2.28. The fraction of sp³-hybridized carbons (Fsp3) is 0.636. The van der Waals surface area contributed by atoms with Crippen molar-refractivity contribution >= 4 is 5.95 Å². The molecule has 4 nitrogen and oxygen atoms in total. The minimum atomic E-state index is 0.245. The Morgan fingerprint density at radius 1 is 1.27 bits per heavy atom. The first-order valence-electron chi connectivity index (χ1n) is 5.39. The zero-order valence-corrected chi connectivity index (χ0v) is 9.57. The highest BCUT2D eigenvalue weighted by Crippen LogP contribution is 2.19. The van der Waals surface area contributed by atoms with Crippen molar-refractivity contribution in [1.29, 1.82) is 0 Å². The molecule has 2 heterocycles. The van der Waals surface area contributed by atoms with E-state index in [9.17, 15) is 0 Å². The van der Waals surface area contributed by atoms with Crippen molar-refractivity contribution in [3.63, 3.8) is 0 Å². The molecule has 1 aromatic heterocycles. The van der Waals surface area contributed by atoms with Gasteiger partial charge in [0.05, 0.1) is 0 Å². The highest BCUT2D eigenvalue weighted by molar-refractivity contribution is 5.34. The van der Waals surface area contributed by atoms with Gasteiger partial charge in [-0.3, -0.25) is 0 Å². The summed E-state index contributed by atoms with van der Waals surface area (Å²) >= 11 is 0. The van der Waals surface area contributed by atoms with Gasteiger partial charge in [-0.05, 0) is 25.8 Å².